The summed E-state index contributed by atoms with van der Waals surface area (Å²) in [5, 5.41) is 4.04. The van der Waals surface area contributed by atoms with E-state index in [1.54, 1.807) is 0 Å². The molecule has 3 rings (SSSR count). The third kappa shape index (κ3) is 3.49. The third-order valence-corrected chi connectivity index (χ3v) is 4.35. The van der Waals surface area contributed by atoms with Crippen LogP contribution in [0.1, 0.15) is 49.6 Å². The van der Waals surface area contributed by atoms with Crippen molar-refractivity contribution in [1.82, 2.24) is 10.1 Å². The van der Waals surface area contributed by atoms with Gasteiger partial charge in [0.25, 0.3) is 0 Å². The number of para-hydroxylation sites is 1. The van der Waals surface area contributed by atoms with Crippen molar-refractivity contribution in [2.24, 2.45) is 0 Å². The Balaban J connectivity index is 1.60. The van der Waals surface area contributed by atoms with Crippen molar-refractivity contribution in [2.75, 3.05) is 18.0 Å². The molecule has 1 aromatic carbocycles. The van der Waals surface area contributed by atoms with Gasteiger partial charge in [0, 0.05) is 31.8 Å². The molecule has 0 saturated carbocycles. The number of piperidine rings is 1. The van der Waals surface area contributed by atoms with E-state index in [0.29, 0.717) is 6.01 Å². The predicted molar refractivity (Wildman–Crippen MR) is 90.2 cm³/mol. The van der Waals surface area contributed by atoms with E-state index in [1.807, 2.05) is 0 Å². The Hall–Kier alpha value is -2.04. The summed E-state index contributed by atoms with van der Waals surface area (Å²) < 4.78 is 11.6. The second-order valence-electron chi connectivity index (χ2n) is 6.62. The van der Waals surface area contributed by atoms with E-state index in [2.05, 4.69) is 60.9 Å². The van der Waals surface area contributed by atoms with Gasteiger partial charge in [-0.05, 0) is 25.0 Å². The second-order valence-corrected chi connectivity index (χ2v) is 6.62. The largest absolute Gasteiger partial charge is 0.490 e. The van der Waals surface area contributed by atoms with Gasteiger partial charge in [0.05, 0.1) is 0 Å². The van der Waals surface area contributed by atoms with E-state index in [9.17, 15) is 0 Å². The van der Waals surface area contributed by atoms with E-state index in [-0.39, 0.29) is 12.0 Å². The Morgan fingerprint density at radius 1 is 1.17 bits per heavy atom. The summed E-state index contributed by atoms with van der Waals surface area (Å²) >= 11 is 0. The van der Waals surface area contributed by atoms with Crippen molar-refractivity contribution in [2.45, 2.75) is 52.6 Å². The molecule has 0 spiro atoms. The lowest BCUT2D eigenvalue weighted by Gasteiger charge is -2.31. The average molecular weight is 315 g/mol. The van der Waals surface area contributed by atoms with E-state index < -0.39 is 0 Å². The standard InChI is InChI=1S/C18H25N3O2/c1-12(2)17-19-18(23-20-17)21-10-8-15(9-11-21)22-16-13(3)6-5-7-14(16)4/h5-7,12,15H,8-11H2,1-4H3. The summed E-state index contributed by atoms with van der Waals surface area (Å²) in [4.78, 5) is 6.63. The molecule has 5 nitrogen and oxygen atoms in total. The molecule has 2 heterocycles. The number of benzene rings is 1. The molecule has 0 unspecified atom stereocenters. The molecule has 0 bridgehead atoms. The lowest BCUT2D eigenvalue weighted by molar-refractivity contribution is 0.166. The second kappa shape index (κ2) is 6.60. The molecule has 0 aliphatic carbocycles. The summed E-state index contributed by atoms with van der Waals surface area (Å²) in [6, 6.07) is 6.91. The summed E-state index contributed by atoms with van der Waals surface area (Å²) in [5.41, 5.74) is 2.40. The van der Waals surface area contributed by atoms with E-state index in [1.165, 1.54) is 11.1 Å². The predicted octanol–water partition coefficient (Wildman–Crippen LogP) is 3.86. The molecule has 1 fully saturated rings. The van der Waals surface area contributed by atoms with Gasteiger partial charge in [-0.3, -0.25) is 0 Å². The Bertz CT molecular complexity index is 638. The summed E-state index contributed by atoms with van der Waals surface area (Å²) in [7, 11) is 0. The molecule has 1 aliphatic rings. The van der Waals surface area contributed by atoms with Crippen LogP contribution in [0.3, 0.4) is 0 Å². The fraction of sp³-hybridized carbons (Fsp3) is 0.556. The number of hydrogen-bond donors (Lipinski definition) is 0. The van der Waals surface area contributed by atoms with Gasteiger partial charge in [-0.2, -0.15) is 4.98 Å². The number of hydrogen-bond acceptors (Lipinski definition) is 5. The van der Waals surface area contributed by atoms with Gasteiger partial charge < -0.3 is 14.2 Å². The molecule has 0 radical (unpaired) electrons. The molecule has 1 aliphatic heterocycles. The van der Waals surface area contributed by atoms with Gasteiger partial charge >= 0.3 is 6.01 Å². The van der Waals surface area contributed by atoms with Crippen LogP contribution >= 0.6 is 0 Å². The van der Waals surface area contributed by atoms with Crippen LogP contribution in [0.15, 0.2) is 22.7 Å². The quantitative estimate of drug-likeness (QED) is 0.857. The molecule has 124 valence electrons. The Morgan fingerprint density at radius 3 is 2.39 bits per heavy atom. The molecule has 0 amide bonds. The van der Waals surface area contributed by atoms with Gasteiger partial charge in [-0.1, -0.05) is 37.2 Å². The van der Waals surface area contributed by atoms with Gasteiger partial charge in [0.1, 0.15) is 11.9 Å². The molecule has 5 heteroatoms. The SMILES string of the molecule is Cc1cccc(C)c1OC1CCN(c2nc(C(C)C)no2)CC1. The van der Waals surface area contributed by atoms with E-state index in [4.69, 9.17) is 9.26 Å². The molecule has 1 saturated heterocycles. The summed E-state index contributed by atoms with van der Waals surface area (Å²) in [6.45, 7) is 10.1. The maximum absolute atomic E-state index is 6.25. The van der Waals surface area contributed by atoms with Crippen LogP contribution < -0.4 is 9.64 Å². The van der Waals surface area contributed by atoms with Crippen molar-refractivity contribution in [3.63, 3.8) is 0 Å². The van der Waals surface area contributed by atoms with Gasteiger partial charge in [0.15, 0.2) is 5.82 Å². The van der Waals surface area contributed by atoms with E-state index >= 15 is 0 Å². The maximum atomic E-state index is 6.25. The average Bonchev–Trinajstić information content (AvgIpc) is 3.02. The number of anilines is 1. The summed E-state index contributed by atoms with van der Waals surface area (Å²) in [5.74, 6) is 2.09. The van der Waals surface area contributed by atoms with Gasteiger partial charge in [-0.25, -0.2) is 0 Å². The minimum Gasteiger partial charge on any atom is -0.490 e. The zero-order valence-corrected chi connectivity index (χ0v) is 14.4. The third-order valence-electron chi connectivity index (χ3n) is 4.35. The van der Waals surface area contributed by atoms with Crippen molar-refractivity contribution in [3.05, 3.63) is 35.2 Å². The minimum absolute atomic E-state index is 0.249. The monoisotopic (exact) mass is 315 g/mol. The van der Waals surface area contributed by atoms with Crippen LogP contribution in [0.4, 0.5) is 6.01 Å². The maximum Gasteiger partial charge on any atom is 0.324 e. The fourth-order valence-electron chi connectivity index (χ4n) is 2.91. The zero-order valence-electron chi connectivity index (χ0n) is 14.4. The Labute approximate surface area is 137 Å². The molecular weight excluding hydrogens is 290 g/mol. The first-order valence-corrected chi connectivity index (χ1v) is 8.36. The minimum atomic E-state index is 0.249. The number of rotatable bonds is 4. The summed E-state index contributed by atoms with van der Waals surface area (Å²) in [6.07, 6.45) is 2.18. The Morgan fingerprint density at radius 2 is 1.83 bits per heavy atom. The number of ether oxygens (including phenoxy) is 1. The lowest BCUT2D eigenvalue weighted by atomic mass is 10.1. The molecule has 1 aromatic heterocycles. The topological polar surface area (TPSA) is 51.4 Å². The number of aromatic nitrogens is 2. The first-order chi connectivity index (χ1) is 11.0. The fourth-order valence-corrected chi connectivity index (χ4v) is 2.91. The van der Waals surface area contributed by atoms with Crippen LogP contribution in [0, 0.1) is 13.8 Å². The van der Waals surface area contributed by atoms with Crippen molar-refractivity contribution in [3.8, 4) is 5.75 Å². The molecule has 23 heavy (non-hydrogen) atoms. The Kier molecular flexibility index (Phi) is 4.55. The van der Waals surface area contributed by atoms with Crippen LogP contribution in [-0.4, -0.2) is 29.3 Å². The van der Waals surface area contributed by atoms with Crippen molar-refractivity contribution >= 4 is 6.01 Å². The highest BCUT2D eigenvalue weighted by atomic mass is 16.5. The van der Waals surface area contributed by atoms with Crippen LogP contribution in [0.5, 0.6) is 5.75 Å². The molecule has 0 N–H and O–H groups in total. The molecule has 2 aromatic rings. The molecular formula is C18H25N3O2. The first kappa shape index (κ1) is 15.8. The smallest absolute Gasteiger partial charge is 0.324 e. The number of nitrogens with zero attached hydrogens (tertiary/aromatic N) is 3. The highest BCUT2D eigenvalue weighted by molar-refractivity contribution is 5.40. The van der Waals surface area contributed by atoms with Crippen molar-refractivity contribution in [1.29, 1.82) is 0 Å². The first-order valence-electron chi connectivity index (χ1n) is 8.36. The van der Waals surface area contributed by atoms with Gasteiger partial charge in [0.2, 0.25) is 0 Å². The zero-order chi connectivity index (χ0) is 16.4. The molecule has 0 atom stereocenters. The van der Waals surface area contributed by atoms with Crippen LogP contribution in [0.25, 0.3) is 0 Å². The highest BCUT2D eigenvalue weighted by Crippen LogP contribution is 2.27. The van der Waals surface area contributed by atoms with E-state index in [0.717, 1.165) is 37.5 Å². The van der Waals surface area contributed by atoms with Crippen molar-refractivity contribution < 1.29 is 9.26 Å². The highest BCUT2D eigenvalue weighted by Gasteiger charge is 2.25. The van der Waals surface area contributed by atoms with Gasteiger partial charge in [-0.15, -0.1) is 0 Å². The van der Waals surface area contributed by atoms with Crippen LogP contribution in [0.2, 0.25) is 0 Å². The van der Waals surface area contributed by atoms with Crippen LogP contribution in [-0.2, 0) is 0 Å². The normalized spacial score (nSPS) is 16.1. The lowest BCUT2D eigenvalue weighted by Crippen LogP contribution is -2.38. The number of aryl methyl sites for hydroxylation is 2.